The molecule has 40 heavy (non-hydrogen) atoms. The molecule has 0 fully saturated rings. The lowest BCUT2D eigenvalue weighted by atomic mass is 9.95. The number of halogens is 1. The average Bonchev–Trinajstić information content (AvgIpc) is 3.38. The van der Waals surface area contributed by atoms with Crippen molar-refractivity contribution in [3.05, 3.63) is 106 Å². The van der Waals surface area contributed by atoms with Crippen LogP contribution in [0.15, 0.2) is 89.2 Å². The molecule has 1 aliphatic rings. The fourth-order valence-electron chi connectivity index (χ4n) is 4.45. The molecule has 0 saturated carbocycles. The SMILES string of the molecule is CCOc1ccc(C2C(C(=O)OCc3ccccc3)=C(C)Nc3nc(SCc4ccccc4Cl)nn32)cc1OC. The maximum atomic E-state index is 13.6. The molecule has 206 valence electrons. The van der Waals surface area contributed by atoms with E-state index in [0.717, 1.165) is 16.7 Å². The summed E-state index contributed by atoms with van der Waals surface area (Å²) in [5.41, 5.74) is 3.74. The van der Waals surface area contributed by atoms with E-state index in [1.165, 1.54) is 11.8 Å². The molecule has 3 aromatic carbocycles. The Labute approximate surface area is 242 Å². The summed E-state index contributed by atoms with van der Waals surface area (Å²) in [6.45, 7) is 4.40. The summed E-state index contributed by atoms with van der Waals surface area (Å²) in [5, 5.41) is 9.30. The fraction of sp³-hybridized carbons (Fsp3) is 0.233. The second kappa shape index (κ2) is 12.5. The van der Waals surface area contributed by atoms with Gasteiger partial charge in [0.2, 0.25) is 11.1 Å². The van der Waals surface area contributed by atoms with Crippen molar-refractivity contribution in [2.75, 3.05) is 19.0 Å². The Hall–Kier alpha value is -3.95. The second-order valence-electron chi connectivity index (χ2n) is 9.01. The summed E-state index contributed by atoms with van der Waals surface area (Å²) in [6.07, 6.45) is 0. The molecular formula is C30H29ClN4O4S. The summed E-state index contributed by atoms with van der Waals surface area (Å²) >= 11 is 7.82. The first kappa shape index (κ1) is 27.6. The number of nitrogens with zero attached hydrogens (tertiary/aromatic N) is 3. The second-order valence-corrected chi connectivity index (χ2v) is 10.4. The van der Waals surface area contributed by atoms with Crippen LogP contribution in [-0.4, -0.2) is 34.5 Å². The van der Waals surface area contributed by atoms with E-state index in [1.807, 2.05) is 86.6 Å². The van der Waals surface area contributed by atoms with Crippen LogP contribution in [-0.2, 0) is 21.9 Å². The molecule has 1 unspecified atom stereocenters. The summed E-state index contributed by atoms with van der Waals surface area (Å²) in [4.78, 5) is 18.3. The molecule has 0 radical (unpaired) electrons. The molecule has 1 atom stereocenters. The van der Waals surface area contributed by atoms with Gasteiger partial charge in [-0.2, -0.15) is 4.98 Å². The fourth-order valence-corrected chi connectivity index (χ4v) is 5.57. The number of hydrogen-bond acceptors (Lipinski definition) is 8. The summed E-state index contributed by atoms with van der Waals surface area (Å²) in [6, 6.07) is 22.3. The number of aromatic nitrogens is 3. The maximum absolute atomic E-state index is 13.6. The lowest BCUT2D eigenvalue weighted by Gasteiger charge is -2.28. The molecule has 0 bridgehead atoms. The Kier molecular flexibility index (Phi) is 8.62. The molecule has 1 aromatic heterocycles. The van der Waals surface area contributed by atoms with Gasteiger partial charge in [-0.15, -0.1) is 5.10 Å². The minimum Gasteiger partial charge on any atom is -0.493 e. The van der Waals surface area contributed by atoms with Crippen LogP contribution in [0, 0.1) is 0 Å². The highest BCUT2D eigenvalue weighted by atomic mass is 35.5. The standard InChI is InChI=1S/C30H29ClN4O4S/c1-4-38-24-15-14-21(16-25(24)37-3)27-26(28(36)39-17-20-10-6-5-7-11-20)19(2)32-29-33-30(34-35(27)29)40-18-22-12-8-9-13-23(22)31/h5-16,27H,4,17-18H2,1-3H3,(H,32,33,34). The predicted molar refractivity (Wildman–Crippen MR) is 156 cm³/mol. The van der Waals surface area contributed by atoms with Crippen LogP contribution >= 0.6 is 23.4 Å². The highest BCUT2D eigenvalue weighted by Gasteiger charge is 2.36. The summed E-state index contributed by atoms with van der Waals surface area (Å²) in [7, 11) is 1.59. The number of ether oxygens (including phenoxy) is 3. The minimum atomic E-state index is -0.605. The van der Waals surface area contributed by atoms with E-state index in [4.69, 9.17) is 35.9 Å². The van der Waals surface area contributed by atoms with E-state index < -0.39 is 12.0 Å². The van der Waals surface area contributed by atoms with Crippen molar-refractivity contribution in [1.29, 1.82) is 0 Å². The molecule has 0 saturated heterocycles. The lowest BCUT2D eigenvalue weighted by Crippen LogP contribution is -2.29. The van der Waals surface area contributed by atoms with Gasteiger partial charge in [-0.25, -0.2) is 9.48 Å². The van der Waals surface area contributed by atoms with Crippen LogP contribution in [0.25, 0.3) is 0 Å². The van der Waals surface area contributed by atoms with Gasteiger partial charge >= 0.3 is 5.97 Å². The van der Waals surface area contributed by atoms with Crippen molar-refractivity contribution >= 4 is 35.3 Å². The van der Waals surface area contributed by atoms with E-state index in [2.05, 4.69) is 5.32 Å². The van der Waals surface area contributed by atoms with Gasteiger partial charge in [0, 0.05) is 16.5 Å². The number of esters is 1. The summed E-state index contributed by atoms with van der Waals surface area (Å²) < 4.78 is 18.8. The molecule has 8 nitrogen and oxygen atoms in total. The zero-order valence-electron chi connectivity index (χ0n) is 22.4. The number of carbonyl (C=O) groups excluding carboxylic acids is 1. The zero-order valence-corrected chi connectivity index (χ0v) is 24.0. The van der Waals surface area contributed by atoms with Crippen molar-refractivity contribution in [1.82, 2.24) is 14.8 Å². The molecule has 1 aliphatic heterocycles. The number of nitrogens with one attached hydrogen (secondary N) is 1. The molecule has 0 spiro atoms. The van der Waals surface area contributed by atoms with Crippen LogP contribution in [0.5, 0.6) is 11.5 Å². The van der Waals surface area contributed by atoms with Gasteiger partial charge in [0.15, 0.2) is 11.5 Å². The third-order valence-corrected chi connectivity index (χ3v) is 7.64. The number of hydrogen-bond donors (Lipinski definition) is 1. The van der Waals surface area contributed by atoms with Crippen molar-refractivity contribution in [3.63, 3.8) is 0 Å². The average molecular weight is 577 g/mol. The van der Waals surface area contributed by atoms with Crippen molar-refractivity contribution in [2.24, 2.45) is 0 Å². The van der Waals surface area contributed by atoms with Crippen molar-refractivity contribution in [3.8, 4) is 11.5 Å². The predicted octanol–water partition coefficient (Wildman–Crippen LogP) is 6.66. The molecule has 4 aromatic rings. The Morgan fingerprint density at radius 2 is 1.85 bits per heavy atom. The van der Waals surface area contributed by atoms with Crippen LogP contribution in [0.3, 0.4) is 0 Å². The van der Waals surface area contributed by atoms with E-state index in [1.54, 1.807) is 11.8 Å². The summed E-state index contributed by atoms with van der Waals surface area (Å²) in [5.74, 6) is 1.85. The molecule has 1 N–H and O–H groups in total. The quantitative estimate of drug-likeness (QED) is 0.166. The molecule has 2 heterocycles. The number of benzene rings is 3. The van der Waals surface area contributed by atoms with Gasteiger partial charge in [0.1, 0.15) is 12.6 Å². The topological polar surface area (TPSA) is 87.5 Å². The number of allylic oxidation sites excluding steroid dienone is 1. The first-order valence-electron chi connectivity index (χ1n) is 12.8. The van der Waals surface area contributed by atoms with Gasteiger partial charge in [0.05, 0.1) is 19.3 Å². The van der Waals surface area contributed by atoms with E-state index in [0.29, 0.717) is 51.3 Å². The Morgan fingerprint density at radius 3 is 2.60 bits per heavy atom. The highest BCUT2D eigenvalue weighted by Crippen LogP contribution is 2.40. The molecule has 10 heteroatoms. The number of methoxy groups -OCH3 is 1. The maximum Gasteiger partial charge on any atom is 0.338 e. The number of fused-ring (bicyclic) bond motifs is 1. The molecule has 0 amide bonds. The normalized spacial score (nSPS) is 14.3. The molecule has 5 rings (SSSR count). The van der Waals surface area contributed by atoms with Crippen molar-refractivity contribution in [2.45, 2.75) is 37.4 Å². The van der Waals surface area contributed by atoms with Gasteiger partial charge in [-0.05, 0) is 48.7 Å². The highest BCUT2D eigenvalue weighted by molar-refractivity contribution is 7.98. The van der Waals surface area contributed by atoms with Crippen LogP contribution in [0.2, 0.25) is 5.02 Å². The number of carbonyl (C=O) groups is 1. The molecular weight excluding hydrogens is 548 g/mol. The minimum absolute atomic E-state index is 0.152. The Balaban J connectivity index is 1.50. The monoisotopic (exact) mass is 576 g/mol. The first-order valence-corrected chi connectivity index (χ1v) is 14.2. The Morgan fingerprint density at radius 1 is 1.07 bits per heavy atom. The van der Waals surface area contributed by atoms with Crippen molar-refractivity contribution < 1.29 is 19.0 Å². The van der Waals surface area contributed by atoms with Gasteiger partial charge < -0.3 is 19.5 Å². The van der Waals surface area contributed by atoms with Crippen LogP contribution in [0.1, 0.15) is 36.6 Å². The number of anilines is 1. The van der Waals surface area contributed by atoms with Gasteiger partial charge in [-0.1, -0.05) is 78.0 Å². The van der Waals surface area contributed by atoms with Gasteiger partial charge in [-0.3, -0.25) is 0 Å². The van der Waals surface area contributed by atoms with E-state index in [9.17, 15) is 4.79 Å². The zero-order chi connectivity index (χ0) is 28.1. The third kappa shape index (κ3) is 5.95. The van der Waals surface area contributed by atoms with E-state index >= 15 is 0 Å². The van der Waals surface area contributed by atoms with Crippen LogP contribution in [0.4, 0.5) is 5.95 Å². The third-order valence-electron chi connectivity index (χ3n) is 6.38. The lowest BCUT2D eigenvalue weighted by molar-refractivity contribution is -0.140. The first-order chi connectivity index (χ1) is 19.5. The largest absolute Gasteiger partial charge is 0.493 e. The number of rotatable bonds is 10. The van der Waals surface area contributed by atoms with Crippen LogP contribution < -0.4 is 14.8 Å². The number of thioether (sulfide) groups is 1. The van der Waals surface area contributed by atoms with Gasteiger partial charge in [0.25, 0.3) is 0 Å². The Bertz CT molecular complexity index is 1540. The van der Waals surface area contributed by atoms with E-state index in [-0.39, 0.29) is 6.61 Å². The smallest absolute Gasteiger partial charge is 0.338 e. The molecule has 0 aliphatic carbocycles.